The molecule has 1 fully saturated rings. The third-order valence-electron chi connectivity index (χ3n) is 3.97. The number of hydrogen-bond donors (Lipinski definition) is 0. The van der Waals surface area contributed by atoms with Crippen LogP contribution < -0.4 is 4.90 Å². The Balaban J connectivity index is 2.09. The van der Waals surface area contributed by atoms with Gasteiger partial charge in [0, 0.05) is 18.0 Å². The molecule has 4 heteroatoms. The van der Waals surface area contributed by atoms with E-state index in [-0.39, 0.29) is 0 Å². The Bertz CT molecular complexity index is 599. The first-order valence-electron chi connectivity index (χ1n) is 6.84. The van der Waals surface area contributed by atoms with E-state index in [1.807, 2.05) is 18.2 Å². The first-order valence-corrected chi connectivity index (χ1v) is 7.22. The van der Waals surface area contributed by atoms with Crippen molar-refractivity contribution in [2.24, 2.45) is 5.92 Å². The highest BCUT2D eigenvalue weighted by Gasteiger charge is 2.25. The van der Waals surface area contributed by atoms with Crippen molar-refractivity contribution < 1.29 is 0 Å². The van der Waals surface area contributed by atoms with Crippen LogP contribution in [-0.4, -0.2) is 22.6 Å². The smallest absolute Gasteiger partial charge is 0.224 e. The van der Waals surface area contributed by atoms with E-state index in [9.17, 15) is 0 Å². The number of rotatable bonds is 1. The zero-order valence-corrected chi connectivity index (χ0v) is 12.1. The maximum atomic E-state index is 6.07. The molecule has 0 radical (unpaired) electrons. The molecular weight excluding hydrogens is 258 g/mol. The quantitative estimate of drug-likeness (QED) is 0.739. The Kier molecular flexibility index (Phi) is 3.31. The van der Waals surface area contributed by atoms with Gasteiger partial charge in [-0.25, -0.2) is 4.98 Å². The number of para-hydroxylation sites is 1. The molecule has 1 saturated heterocycles. The molecule has 1 aromatic heterocycles. The lowest BCUT2D eigenvalue weighted by Crippen LogP contribution is -2.40. The fourth-order valence-electron chi connectivity index (χ4n) is 2.97. The summed E-state index contributed by atoms with van der Waals surface area (Å²) in [6.45, 7) is 5.62. The molecule has 0 N–H and O–H groups in total. The van der Waals surface area contributed by atoms with Crippen LogP contribution >= 0.6 is 11.6 Å². The second-order valence-corrected chi connectivity index (χ2v) is 5.84. The normalized spacial score (nSPS) is 23.8. The number of fused-ring (bicyclic) bond motifs is 1. The maximum absolute atomic E-state index is 6.07. The summed E-state index contributed by atoms with van der Waals surface area (Å²) in [7, 11) is 0. The van der Waals surface area contributed by atoms with Crippen molar-refractivity contribution in [1.82, 2.24) is 9.97 Å². The average Bonchev–Trinajstić information content (AvgIpc) is 2.38. The van der Waals surface area contributed by atoms with Crippen molar-refractivity contribution in [3.63, 3.8) is 0 Å². The Hall–Kier alpha value is -1.35. The van der Waals surface area contributed by atoms with Crippen molar-refractivity contribution in [2.75, 3.05) is 11.4 Å². The van der Waals surface area contributed by atoms with E-state index in [0.717, 1.165) is 29.2 Å². The summed E-state index contributed by atoms with van der Waals surface area (Å²) in [6, 6.07) is 8.57. The highest BCUT2D eigenvalue weighted by atomic mass is 35.5. The Labute approximate surface area is 118 Å². The Morgan fingerprint density at radius 3 is 2.79 bits per heavy atom. The van der Waals surface area contributed by atoms with E-state index in [1.54, 1.807) is 0 Å². The zero-order chi connectivity index (χ0) is 13.4. The van der Waals surface area contributed by atoms with Crippen LogP contribution in [0.3, 0.4) is 0 Å². The van der Waals surface area contributed by atoms with Crippen LogP contribution in [0.2, 0.25) is 5.28 Å². The maximum Gasteiger partial charge on any atom is 0.224 e. The molecule has 0 spiro atoms. The van der Waals surface area contributed by atoms with Crippen molar-refractivity contribution >= 4 is 28.3 Å². The number of aromatic nitrogens is 2. The van der Waals surface area contributed by atoms with Crippen molar-refractivity contribution in [3.05, 3.63) is 29.5 Å². The summed E-state index contributed by atoms with van der Waals surface area (Å²) in [5.74, 6) is 1.77. The van der Waals surface area contributed by atoms with Gasteiger partial charge in [0.2, 0.25) is 5.28 Å². The second-order valence-electron chi connectivity index (χ2n) is 5.51. The molecule has 2 aromatic rings. The van der Waals surface area contributed by atoms with Gasteiger partial charge in [-0.15, -0.1) is 0 Å². The molecule has 1 aromatic carbocycles. The van der Waals surface area contributed by atoms with E-state index < -0.39 is 0 Å². The van der Waals surface area contributed by atoms with E-state index in [1.165, 1.54) is 12.8 Å². The van der Waals surface area contributed by atoms with E-state index in [2.05, 4.69) is 34.8 Å². The van der Waals surface area contributed by atoms with Gasteiger partial charge in [-0.3, -0.25) is 0 Å². The third kappa shape index (κ3) is 2.39. The van der Waals surface area contributed by atoms with Gasteiger partial charge < -0.3 is 4.90 Å². The van der Waals surface area contributed by atoms with Gasteiger partial charge >= 0.3 is 0 Å². The summed E-state index contributed by atoms with van der Waals surface area (Å²) in [6.07, 6.45) is 2.41. The molecule has 100 valence electrons. The van der Waals surface area contributed by atoms with E-state index in [4.69, 9.17) is 11.6 Å². The number of halogens is 1. The standard InChI is InChI=1S/C15H18ClN3/c1-10-7-8-19(11(2)9-10)14-12-5-3-4-6-13(12)17-15(16)18-14/h3-6,10-11H,7-9H2,1-2H3. The molecule has 0 aliphatic carbocycles. The molecule has 1 aliphatic rings. The minimum absolute atomic E-state index is 0.333. The van der Waals surface area contributed by atoms with Gasteiger partial charge in [-0.2, -0.15) is 4.98 Å². The van der Waals surface area contributed by atoms with Gasteiger partial charge in [-0.05, 0) is 49.4 Å². The molecule has 0 saturated carbocycles. The number of nitrogens with zero attached hydrogens (tertiary/aromatic N) is 3. The lowest BCUT2D eigenvalue weighted by molar-refractivity contribution is 0.376. The fourth-order valence-corrected chi connectivity index (χ4v) is 3.14. The van der Waals surface area contributed by atoms with Gasteiger partial charge in [0.05, 0.1) is 5.52 Å². The highest BCUT2D eigenvalue weighted by molar-refractivity contribution is 6.28. The van der Waals surface area contributed by atoms with Gasteiger partial charge in [0.1, 0.15) is 5.82 Å². The Morgan fingerprint density at radius 1 is 1.21 bits per heavy atom. The highest BCUT2D eigenvalue weighted by Crippen LogP contribution is 2.31. The SMILES string of the molecule is CC1CCN(c2nc(Cl)nc3ccccc23)C(C)C1. The van der Waals surface area contributed by atoms with E-state index >= 15 is 0 Å². The molecular formula is C15H18ClN3. The monoisotopic (exact) mass is 275 g/mol. The average molecular weight is 276 g/mol. The lowest BCUT2D eigenvalue weighted by Gasteiger charge is -2.37. The van der Waals surface area contributed by atoms with Crippen LogP contribution in [-0.2, 0) is 0 Å². The molecule has 0 bridgehead atoms. The first-order chi connectivity index (χ1) is 9.15. The molecule has 3 rings (SSSR count). The van der Waals surface area contributed by atoms with Crippen LogP contribution in [0.25, 0.3) is 10.9 Å². The predicted octanol–water partition coefficient (Wildman–Crippen LogP) is 3.91. The summed E-state index contributed by atoms with van der Waals surface area (Å²) >= 11 is 6.07. The predicted molar refractivity (Wildman–Crippen MR) is 79.8 cm³/mol. The third-order valence-corrected chi connectivity index (χ3v) is 4.14. The van der Waals surface area contributed by atoms with Gasteiger partial charge in [0.15, 0.2) is 0 Å². The first kappa shape index (κ1) is 12.7. The number of benzene rings is 1. The van der Waals surface area contributed by atoms with Crippen molar-refractivity contribution in [2.45, 2.75) is 32.7 Å². The van der Waals surface area contributed by atoms with E-state index in [0.29, 0.717) is 11.3 Å². The van der Waals surface area contributed by atoms with Crippen molar-refractivity contribution in [1.29, 1.82) is 0 Å². The molecule has 3 nitrogen and oxygen atoms in total. The largest absolute Gasteiger partial charge is 0.353 e. The van der Waals surface area contributed by atoms with Gasteiger partial charge in [-0.1, -0.05) is 19.1 Å². The van der Waals surface area contributed by atoms with Crippen molar-refractivity contribution in [3.8, 4) is 0 Å². The minimum Gasteiger partial charge on any atom is -0.353 e. The summed E-state index contributed by atoms with van der Waals surface area (Å²) in [4.78, 5) is 11.2. The minimum atomic E-state index is 0.333. The molecule has 1 aliphatic heterocycles. The van der Waals surface area contributed by atoms with Crippen LogP contribution in [0.1, 0.15) is 26.7 Å². The number of piperidine rings is 1. The number of hydrogen-bond acceptors (Lipinski definition) is 3. The molecule has 2 unspecified atom stereocenters. The molecule has 19 heavy (non-hydrogen) atoms. The Morgan fingerprint density at radius 2 is 2.00 bits per heavy atom. The fraction of sp³-hybridized carbons (Fsp3) is 0.467. The summed E-state index contributed by atoms with van der Waals surface area (Å²) < 4.78 is 0. The van der Waals surface area contributed by atoms with Crippen LogP contribution in [0.5, 0.6) is 0 Å². The topological polar surface area (TPSA) is 29.0 Å². The lowest BCUT2D eigenvalue weighted by atomic mass is 9.93. The molecule has 0 amide bonds. The summed E-state index contributed by atoms with van der Waals surface area (Å²) in [5, 5.41) is 1.42. The van der Waals surface area contributed by atoms with Crippen LogP contribution in [0, 0.1) is 5.92 Å². The zero-order valence-electron chi connectivity index (χ0n) is 11.3. The summed E-state index contributed by atoms with van der Waals surface area (Å²) in [5.41, 5.74) is 0.920. The van der Waals surface area contributed by atoms with Crippen LogP contribution in [0.15, 0.2) is 24.3 Å². The van der Waals surface area contributed by atoms with Gasteiger partial charge in [0.25, 0.3) is 0 Å². The molecule has 2 heterocycles. The molecule has 2 atom stereocenters. The van der Waals surface area contributed by atoms with Crippen LogP contribution in [0.4, 0.5) is 5.82 Å². The second kappa shape index (κ2) is 4.97. The number of anilines is 1.